The minimum atomic E-state index is -0.604. The predicted molar refractivity (Wildman–Crippen MR) is 49.0 cm³/mol. The monoisotopic (exact) mass is 197 g/mol. The Labute approximate surface area is 79.2 Å². The summed E-state index contributed by atoms with van der Waals surface area (Å²) in [5, 5.41) is 9.09. The summed E-state index contributed by atoms with van der Waals surface area (Å²) in [6.07, 6.45) is 1.95. The number of hydrogen-bond acceptors (Lipinski definition) is 1. The molecule has 0 saturated heterocycles. The second-order valence-corrected chi connectivity index (χ2v) is 3.10. The van der Waals surface area contributed by atoms with E-state index in [2.05, 4.69) is 4.98 Å². The second kappa shape index (κ2) is 3.38. The van der Waals surface area contributed by atoms with E-state index in [0.29, 0.717) is 22.9 Å². The number of aromatic amines is 1. The largest absolute Gasteiger partial charge is 0.396 e. The lowest BCUT2D eigenvalue weighted by Gasteiger charge is -1.97. The Morgan fingerprint density at radius 3 is 2.79 bits per heavy atom. The van der Waals surface area contributed by atoms with Crippen molar-refractivity contribution in [2.75, 3.05) is 6.61 Å². The Bertz CT molecular complexity index is 464. The molecule has 0 spiro atoms. The molecule has 1 heterocycles. The Morgan fingerprint density at radius 2 is 2.07 bits per heavy atom. The molecule has 2 nitrogen and oxygen atoms in total. The summed E-state index contributed by atoms with van der Waals surface area (Å²) in [5.74, 6) is -1.20. The zero-order chi connectivity index (χ0) is 10.1. The highest BCUT2D eigenvalue weighted by molar-refractivity contribution is 5.83. The summed E-state index contributed by atoms with van der Waals surface area (Å²) in [4.78, 5) is 2.76. The van der Waals surface area contributed by atoms with Crippen LogP contribution in [0.25, 0.3) is 10.9 Å². The molecule has 0 aliphatic heterocycles. The van der Waals surface area contributed by atoms with Crippen LogP contribution in [0.15, 0.2) is 18.3 Å². The quantitative estimate of drug-likeness (QED) is 0.758. The van der Waals surface area contributed by atoms with Crippen LogP contribution in [-0.2, 0) is 6.42 Å². The molecule has 0 fully saturated rings. The summed E-state index contributed by atoms with van der Waals surface area (Å²) in [7, 11) is 0. The zero-order valence-electron chi connectivity index (χ0n) is 7.35. The highest BCUT2D eigenvalue weighted by Crippen LogP contribution is 2.23. The number of halogens is 2. The summed E-state index contributed by atoms with van der Waals surface area (Å²) in [6, 6.07) is 2.08. The van der Waals surface area contributed by atoms with E-state index in [4.69, 9.17) is 5.11 Å². The first-order chi connectivity index (χ1) is 6.72. The molecular formula is C10H9F2NO. The van der Waals surface area contributed by atoms with Gasteiger partial charge in [-0.1, -0.05) is 0 Å². The number of aromatic nitrogens is 1. The number of nitrogens with one attached hydrogen (secondary N) is 1. The van der Waals surface area contributed by atoms with Gasteiger partial charge in [-0.2, -0.15) is 0 Å². The second-order valence-electron chi connectivity index (χ2n) is 3.10. The van der Waals surface area contributed by atoms with Gasteiger partial charge in [-0.3, -0.25) is 0 Å². The van der Waals surface area contributed by atoms with Gasteiger partial charge in [-0.15, -0.1) is 0 Å². The van der Waals surface area contributed by atoms with Gasteiger partial charge in [0.1, 0.15) is 11.6 Å². The smallest absolute Gasteiger partial charge is 0.135 e. The van der Waals surface area contributed by atoms with Gasteiger partial charge < -0.3 is 10.1 Å². The first-order valence-corrected chi connectivity index (χ1v) is 4.28. The van der Waals surface area contributed by atoms with E-state index < -0.39 is 11.6 Å². The first kappa shape index (κ1) is 9.15. The predicted octanol–water partition coefficient (Wildman–Crippen LogP) is 1.98. The molecule has 2 rings (SSSR count). The molecule has 0 aliphatic carbocycles. The standard InChI is InChI=1S/C10H9F2NO/c11-7-3-8(12)10-6(1-2-14)5-13-9(10)4-7/h3-5,13-14H,1-2H2. The maximum Gasteiger partial charge on any atom is 0.135 e. The lowest BCUT2D eigenvalue weighted by molar-refractivity contribution is 0.300. The van der Waals surface area contributed by atoms with Crippen LogP contribution in [0, 0.1) is 11.6 Å². The summed E-state index contributed by atoms with van der Waals surface area (Å²) in [6.45, 7) is -0.0518. The van der Waals surface area contributed by atoms with E-state index >= 15 is 0 Å². The molecule has 0 aliphatic rings. The topological polar surface area (TPSA) is 36.0 Å². The van der Waals surface area contributed by atoms with Gasteiger partial charge in [-0.05, 0) is 18.1 Å². The number of aliphatic hydroxyl groups excluding tert-OH is 1. The van der Waals surface area contributed by atoms with Gasteiger partial charge in [0, 0.05) is 24.3 Å². The van der Waals surface area contributed by atoms with Crippen molar-refractivity contribution in [1.82, 2.24) is 4.98 Å². The molecule has 0 amide bonds. The Morgan fingerprint density at radius 1 is 1.29 bits per heavy atom. The normalized spacial score (nSPS) is 11.1. The Hall–Kier alpha value is -1.42. The molecule has 0 radical (unpaired) electrons. The van der Waals surface area contributed by atoms with Crippen LogP contribution >= 0.6 is 0 Å². The number of H-pyrrole nitrogens is 1. The third-order valence-corrected chi connectivity index (χ3v) is 2.16. The fraction of sp³-hybridized carbons (Fsp3) is 0.200. The molecule has 1 aromatic carbocycles. The van der Waals surface area contributed by atoms with E-state index in [0.717, 1.165) is 6.07 Å². The molecular weight excluding hydrogens is 188 g/mol. The van der Waals surface area contributed by atoms with Crippen molar-refractivity contribution in [3.8, 4) is 0 Å². The van der Waals surface area contributed by atoms with E-state index in [1.54, 1.807) is 6.20 Å². The summed E-state index contributed by atoms with van der Waals surface area (Å²) in [5.41, 5.74) is 1.09. The minimum absolute atomic E-state index is 0.0518. The number of aliphatic hydroxyl groups is 1. The van der Waals surface area contributed by atoms with Gasteiger partial charge >= 0.3 is 0 Å². The van der Waals surface area contributed by atoms with E-state index in [1.807, 2.05) is 0 Å². The average Bonchev–Trinajstić information content (AvgIpc) is 2.49. The summed E-state index contributed by atoms with van der Waals surface area (Å²) < 4.78 is 26.1. The third-order valence-electron chi connectivity index (χ3n) is 2.16. The lowest BCUT2D eigenvalue weighted by Crippen LogP contribution is -1.90. The SMILES string of the molecule is OCCc1c[nH]c2cc(F)cc(F)c12. The molecule has 2 N–H and O–H groups in total. The molecule has 0 unspecified atom stereocenters. The molecule has 4 heteroatoms. The van der Waals surface area contributed by atoms with Crippen LogP contribution in [0.4, 0.5) is 8.78 Å². The van der Waals surface area contributed by atoms with Crippen LogP contribution in [0.2, 0.25) is 0 Å². The van der Waals surface area contributed by atoms with E-state index in [-0.39, 0.29) is 6.61 Å². The maximum atomic E-state index is 13.3. The van der Waals surface area contributed by atoms with Crippen LogP contribution < -0.4 is 0 Å². The highest BCUT2D eigenvalue weighted by Gasteiger charge is 2.09. The van der Waals surface area contributed by atoms with Crippen LogP contribution in [0.3, 0.4) is 0 Å². The van der Waals surface area contributed by atoms with Crippen molar-refractivity contribution in [2.45, 2.75) is 6.42 Å². The minimum Gasteiger partial charge on any atom is -0.396 e. The number of benzene rings is 1. The van der Waals surface area contributed by atoms with E-state index in [1.165, 1.54) is 6.07 Å². The first-order valence-electron chi connectivity index (χ1n) is 4.28. The van der Waals surface area contributed by atoms with Crippen LogP contribution in [0.1, 0.15) is 5.56 Å². The molecule has 14 heavy (non-hydrogen) atoms. The Balaban J connectivity index is 2.66. The molecule has 0 atom stereocenters. The molecule has 0 saturated carbocycles. The fourth-order valence-electron chi connectivity index (χ4n) is 1.57. The van der Waals surface area contributed by atoms with Gasteiger partial charge in [-0.25, -0.2) is 8.78 Å². The maximum absolute atomic E-state index is 13.3. The number of rotatable bonds is 2. The van der Waals surface area contributed by atoms with Crippen molar-refractivity contribution >= 4 is 10.9 Å². The fourth-order valence-corrected chi connectivity index (χ4v) is 1.57. The van der Waals surface area contributed by atoms with Crippen molar-refractivity contribution < 1.29 is 13.9 Å². The molecule has 74 valence electrons. The number of fused-ring (bicyclic) bond motifs is 1. The van der Waals surface area contributed by atoms with Gasteiger partial charge in [0.2, 0.25) is 0 Å². The van der Waals surface area contributed by atoms with Crippen LogP contribution in [-0.4, -0.2) is 16.7 Å². The summed E-state index contributed by atoms with van der Waals surface area (Å²) >= 11 is 0. The van der Waals surface area contributed by atoms with E-state index in [9.17, 15) is 8.78 Å². The molecule has 1 aromatic heterocycles. The molecule has 0 bridgehead atoms. The lowest BCUT2D eigenvalue weighted by atomic mass is 10.1. The Kier molecular flexibility index (Phi) is 2.21. The van der Waals surface area contributed by atoms with Gasteiger partial charge in [0.25, 0.3) is 0 Å². The van der Waals surface area contributed by atoms with Crippen LogP contribution in [0.5, 0.6) is 0 Å². The molecule has 2 aromatic rings. The van der Waals surface area contributed by atoms with Crippen molar-refractivity contribution in [2.24, 2.45) is 0 Å². The zero-order valence-corrected chi connectivity index (χ0v) is 7.35. The highest BCUT2D eigenvalue weighted by atomic mass is 19.1. The average molecular weight is 197 g/mol. The van der Waals surface area contributed by atoms with Crippen molar-refractivity contribution in [3.05, 3.63) is 35.5 Å². The third kappa shape index (κ3) is 1.37. The number of hydrogen-bond donors (Lipinski definition) is 2. The van der Waals surface area contributed by atoms with Crippen molar-refractivity contribution in [3.63, 3.8) is 0 Å². The van der Waals surface area contributed by atoms with Gasteiger partial charge in [0.05, 0.1) is 5.52 Å². The van der Waals surface area contributed by atoms with Crippen molar-refractivity contribution in [1.29, 1.82) is 0 Å². The van der Waals surface area contributed by atoms with Gasteiger partial charge in [0.15, 0.2) is 0 Å².